The fraction of sp³-hybridized carbons (Fsp3) is 0.207. The summed E-state index contributed by atoms with van der Waals surface area (Å²) >= 11 is 6.23. The number of aromatic nitrogens is 4. The number of carbonyl (C=O) groups excluding carboxylic acids is 4. The Hall–Kier alpha value is -5.30. The van der Waals surface area contributed by atoms with Crippen molar-refractivity contribution in [2.45, 2.75) is 19.4 Å². The molecule has 1 atom stereocenters. The van der Waals surface area contributed by atoms with Gasteiger partial charge in [-0.25, -0.2) is 4.79 Å². The number of tetrazole rings is 1. The number of piperazine rings is 1. The van der Waals surface area contributed by atoms with Crippen LogP contribution in [-0.2, 0) is 20.8 Å². The summed E-state index contributed by atoms with van der Waals surface area (Å²) in [5, 5.41) is 16.9. The van der Waals surface area contributed by atoms with Crippen LogP contribution in [0.4, 0.5) is 16.2 Å². The van der Waals surface area contributed by atoms with E-state index in [1.165, 1.54) is 20.8 Å². The van der Waals surface area contributed by atoms with Gasteiger partial charge in [-0.2, -0.15) is 4.68 Å². The molecule has 220 valence electrons. The molecular formula is C29H27ClN8O5. The first kappa shape index (κ1) is 29.2. The Bertz CT molecular complexity index is 1620. The minimum atomic E-state index is -0.946. The maximum atomic E-state index is 13.5. The summed E-state index contributed by atoms with van der Waals surface area (Å²) in [5.41, 5.74) is 2.03. The maximum absolute atomic E-state index is 13.5. The van der Waals surface area contributed by atoms with Gasteiger partial charge in [0.2, 0.25) is 5.91 Å². The van der Waals surface area contributed by atoms with Crippen molar-refractivity contribution >= 4 is 46.8 Å². The Labute approximate surface area is 251 Å². The maximum Gasteiger partial charge on any atom is 0.417 e. The SMILES string of the molecule is CCNC(=O)[C@H](Cc1ccc(NC(=O)Oc2ccccc2)cc1)N1CCN(c2cc(Cl)ccc2-n2cnnn2)C(=O)C1=O. The molecule has 13 nitrogen and oxygen atoms in total. The molecule has 0 unspecified atom stereocenters. The molecular weight excluding hydrogens is 576 g/mol. The van der Waals surface area contributed by atoms with Crippen LogP contribution in [0, 0.1) is 0 Å². The van der Waals surface area contributed by atoms with Gasteiger partial charge in [0.25, 0.3) is 0 Å². The van der Waals surface area contributed by atoms with E-state index in [0.29, 0.717) is 34.4 Å². The number of nitrogens with one attached hydrogen (secondary N) is 2. The Kier molecular flexibility index (Phi) is 8.91. The van der Waals surface area contributed by atoms with Crippen LogP contribution in [-0.4, -0.2) is 74.6 Å². The van der Waals surface area contributed by atoms with Crippen molar-refractivity contribution in [1.82, 2.24) is 30.4 Å². The first-order valence-electron chi connectivity index (χ1n) is 13.4. The zero-order valence-electron chi connectivity index (χ0n) is 23.0. The van der Waals surface area contributed by atoms with Gasteiger partial charge < -0.3 is 19.9 Å². The number of amides is 4. The average molecular weight is 603 g/mol. The number of para-hydroxylation sites is 1. The van der Waals surface area contributed by atoms with Crippen LogP contribution in [0.3, 0.4) is 0 Å². The van der Waals surface area contributed by atoms with Crippen LogP contribution in [0.25, 0.3) is 5.69 Å². The molecule has 0 saturated carbocycles. The highest BCUT2D eigenvalue weighted by Crippen LogP contribution is 2.30. The number of rotatable bonds is 9. The zero-order chi connectivity index (χ0) is 30.3. The third-order valence-electron chi connectivity index (χ3n) is 6.69. The van der Waals surface area contributed by atoms with Gasteiger partial charge in [-0.1, -0.05) is 41.9 Å². The molecule has 14 heteroatoms. The number of anilines is 2. The van der Waals surface area contributed by atoms with Crippen LogP contribution in [0.5, 0.6) is 5.75 Å². The van der Waals surface area contributed by atoms with Crippen molar-refractivity contribution in [3.63, 3.8) is 0 Å². The molecule has 5 rings (SSSR count). The van der Waals surface area contributed by atoms with Crippen molar-refractivity contribution in [2.24, 2.45) is 0 Å². The highest BCUT2D eigenvalue weighted by Gasteiger charge is 2.40. The highest BCUT2D eigenvalue weighted by atomic mass is 35.5. The number of carbonyl (C=O) groups is 4. The van der Waals surface area contributed by atoms with E-state index in [2.05, 4.69) is 26.2 Å². The summed E-state index contributed by atoms with van der Waals surface area (Å²) in [6.45, 7) is 2.33. The Morgan fingerprint density at radius 3 is 2.44 bits per heavy atom. The van der Waals surface area contributed by atoms with Crippen LogP contribution in [0.15, 0.2) is 79.1 Å². The summed E-state index contributed by atoms with van der Waals surface area (Å²) in [4.78, 5) is 54.9. The molecule has 0 aliphatic carbocycles. The third-order valence-corrected chi connectivity index (χ3v) is 6.93. The van der Waals surface area contributed by atoms with Gasteiger partial charge in [0.1, 0.15) is 18.1 Å². The molecule has 1 aliphatic heterocycles. The number of hydrogen-bond acceptors (Lipinski definition) is 8. The van der Waals surface area contributed by atoms with E-state index in [-0.39, 0.29) is 25.4 Å². The van der Waals surface area contributed by atoms with Gasteiger partial charge in [-0.15, -0.1) is 5.10 Å². The normalized spacial score (nSPS) is 13.9. The van der Waals surface area contributed by atoms with E-state index in [1.54, 1.807) is 73.7 Å². The van der Waals surface area contributed by atoms with Crippen LogP contribution in [0.2, 0.25) is 5.02 Å². The van der Waals surface area contributed by atoms with Crippen molar-refractivity contribution in [3.8, 4) is 11.4 Å². The van der Waals surface area contributed by atoms with E-state index in [0.717, 1.165) is 5.56 Å². The molecule has 3 aromatic carbocycles. The van der Waals surface area contributed by atoms with E-state index in [1.807, 2.05) is 6.07 Å². The number of likely N-dealkylation sites (N-methyl/N-ethyl adjacent to an activating group) is 1. The summed E-state index contributed by atoms with van der Waals surface area (Å²) in [5.74, 6) is -1.62. The topological polar surface area (TPSA) is 152 Å². The lowest BCUT2D eigenvalue weighted by Crippen LogP contribution is -2.61. The van der Waals surface area contributed by atoms with Gasteiger partial charge >= 0.3 is 17.9 Å². The monoisotopic (exact) mass is 602 g/mol. The lowest BCUT2D eigenvalue weighted by Gasteiger charge is -2.38. The van der Waals surface area contributed by atoms with Crippen molar-refractivity contribution in [2.75, 3.05) is 29.9 Å². The van der Waals surface area contributed by atoms with E-state index >= 15 is 0 Å². The molecule has 1 aromatic heterocycles. The first-order valence-corrected chi connectivity index (χ1v) is 13.8. The molecule has 1 aliphatic rings. The fourth-order valence-corrected chi connectivity index (χ4v) is 4.84. The highest BCUT2D eigenvalue weighted by molar-refractivity contribution is 6.41. The molecule has 1 saturated heterocycles. The fourth-order valence-electron chi connectivity index (χ4n) is 4.68. The smallest absolute Gasteiger partial charge is 0.410 e. The Morgan fingerprint density at radius 2 is 1.74 bits per heavy atom. The van der Waals surface area contributed by atoms with E-state index < -0.39 is 23.9 Å². The van der Waals surface area contributed by atoms with Crippen molar-refractivity contribution in [1.29, 1.82) is 0 Å². The second kappa shape index (κ2) is 13.1. The lowest BCUT2D eigenvalue weighted by molar-refractivity contribution is -0.150. The second-order valence-electron chi connectivity index (χ2n) is 9.48. The molecule has 4 amide bonds. The minimum Gasteiger partial charge on any atom is -0.410 e. The molecule has 43 heavy (non-hydrogen) atoms. The number of halogens is 1. The molecule has 0 radical (unpaired) electrons. The van der Waals surface area contributed by atoms with Gasteiger partial charge in [0.05, 0.1) is 11.4 Å². The third kappa shape index (κ3) is 6.79. The van der Waals surface area contributed by atoms with Gasteiger partial charge in [0, 0.05) is 36.8 Å². The van der Waals surface area contributed by atoms with Crippen LogP contribution >= 0.6 is 11.6 Å². The average Bonchev–Trinajstić information content (AvgIpc) is 3.54. The van der Waals surface area contributed by atoms with Crippen LogP contribution < -0.4 is 20.3 Å². The quantitative estimate of drug-likeness (QED) is 0.278. The van der Waals surface area contributed by atoms with Gasteiger partial charge in [0.15, 0.2) is 0 Å². The largest absolute Gasteiger partial charge is 0.417 e. The molecule has 1 fully saturated rings. The lowest BCUT2D eigenvalue weighted by atomic mass is 10.0. The zero-order valence-corrected chi connectivity index (χ0v) is 23.8. The predicted octanol–water partition coefficient (Wildman–Crippen LogP) is 2.85. The Morgan fingerprint density at radius 1 is 0.977 bits per heavy atom. The molecule has 0 spiro atoms. The number of nitrogens with zero attached hydrogens (tertiary/aromatic N) is 6. The summed E-state index contributed by atoms with van der Waals surface area (Å²) in [6, 6.07) is 19.3. The molecule has 4 aromatic rings. The van der Waals surface area contributed by atoms with E-state index in [9.17, 15) is 19.2 Å². The number of benzene rings is 3. The summed E-state index contributed by atoms with van der Waals surface area (Å²) < 4.78 is 6.62. The standard InChI is InChI=1S/C29H27ClN8O5/c1-2-31-26(39)25(16-19-8-11-21(12-9-19)33-29(42)43-22-6-4-3-5-7-22)37-15-14-36(27(40)28(37)41)24-17-20(30)10-13-23(24)38-18-32-34-35-38/h3-13,17-18,25H,2,14-16H2,1H3,(H,31,39)(H,33,42)/t25-/m0/s1. The van der Waals surface area contributed by atoms with E-state index in [4.69, 9.17) is 16.3 Å². The summed E-state index contributed by atoms with van der Waals surface area (Å²) in [7, 11) is 0. The molecule has 2 N–H and O–H groups in total. The van der Waals surface area contributed by atoms with Crippen molar-refractivity contribution in [3.05, 3.63) is 89.7 Å². The molecule has 2 heterocycles. The second-order valence-corrected chi connectivity index (χ2v) is 9.92. The number of ether oxygens (including phenoxy) is 1. The predicted molar refractivity (Wildman–Crippen MR) is 157 cm³/mol. The molecule has 0 bridgehead atoms. The van der Waals surface area contributed by atoms with Gasteiger partial charge in [-0.05, 0) is 65.4 Å². The first-order chi connectivity index (χ1) is 20.8. The van der Waals surface area contributed by atoms with Gasteiger partial charge in [-0.3, -0.25) is 19.7 Å². The summed E-state index contributed by atoms with van der Waals surface area (Å²) in [6.07, 6.45) is 0.865. The minimum absolute atomic E-state index is 0.0961. The van der Waals surface area contributed by atoms with Crippen molar-refractivity contribution < 1.29 is 23.9 Å². The van der Waals surface area contributed by atoms with Crippen LogP contribution in [0.1, 0.15) is 12.5 Å². The Balaban J connectivity index is 1.30. The number of hydrogen-bond donors (Lipinski definition) is 2.